The summed E-state index contributed by atoms with van der Waals surface area (Å²) in [7, 11) is 0. The molecule has 0 amide bonds. The van der Waals surface area contributed by atoms with Crippen LogP contribution in [-0.4, -0.2) is 6.29 Å². The van der Waals surface area contributed by atoms with Gasteiger partial charge in [0.1, 0.15) is 6.29 Å². The third-order valence-electron chi connectivity index (χ3n) is 3.12. The van der Waals surface area contributed by atoms with Gasteiger partial charge < -0.3 is 4.79 Å². The third kappa shape index (κ3) is 2.88. The van der Waals surface area contributed by atoms with Crippen molar-refractivity contribution in [1.82, 2.24) is 0 Å². The highest BCUT2D eigenvalue weighted by Crippen LogP contribution is 2.36. The zero-order chi connectivity index (χ0) is 9.57. The van der Waals surface area contributed by atoms with E-state index in [4.69, 9.17) is 6.42 Å². The maximum Gasteiger partial charge on any atom is 0.126 e. The summed E-state index contributed by atoms with van der Waals surface area (Å²) in [4.78, 5) is 11.1. The van der Waals surface area contributed by atoms with Crippen LogP contribution in [0, 0.1) is 17.8 Å². The molecule has 13 heavy (non-hydrogen) atoms. The number of terminal acetylenes is 1. The van der Waals surface area contributed by atoms with Gasteiger partial charge in [0.15, 0.2) is 0 Å². The quantitative estimate of drug-likeness (QED) is 0.369. The van der Waals surface area contributed by atoms with Crippen LogP contribution in [0.25, 0.3) is 0 Å². The van der Waals surface area contributed by atoms with Crippen LogP contribution in [0.2, 0.25) is 0 Å². The molecule has 0 aromatic heterocycles. The average Bonchev–Trinajstić information content (AvgIpc) is 2.41. The molecule has 0 radical (unpaired) electrons. The topological polar surface area (TPSA) is 17.1 Å². The molecule has 0 heterocycles. The second-order valence-corrected chi connectivity index (χ2v) is 4.10. The second-order valence-electron chi connectivity index (χ2n) is 4.10. The Kier molecular flexibility index (Phi) is 4.02. The number of carbonyl (C=O) groups excluding carboxylic acids is 1. The van der Waals surface area contributed by atoms with Crippen molar-refractivity contribution >= 4 is 6.29 Å². The molecular weight excluding hydrogens is 160 g/mol. The Labute approximate surface area is 80.9 Å². The summed E-state index contributed by atoms with van der Waals surface area (Å²) >= 11 is 0. The summed E-state index contributed by atoms with van der Waals surface area (Å²) in [6.07, 6.45) is 15.1. The monoisotopic (exact) mass is 178 g/mol. The highest BCUT2D eigenvalue weighted by Gasteiger charge is 2.29. The van der Waals surface area contributed by atoms with Crippen LogP contribution in [0.1, 0.15) is 51.4 Å². The lowest BCUT2D eigenvalue weighted by Gasteiger charge is -2.25. The van der Waals surface area contributed by atoms with E-state index in [1.807, 2.05) is 0 Å². The van der Waals surface area contributed by atoms with E-state index >= 15 is 0 Å². The van der Waals surface area contributed by atoms with Gasteiger partial charge in [0.25, 0.3) is 0 Å². The SMILES string of the molecule is C#CCCC1(C=O)CCCCCC1. The number of rotatable bonds is 3. The summed E-state index contributed by atoms with van der Waals surface area (Å²) in [5.74, 6) is 2.64. The molecule has 1 aliphatic carbocycles. The Morgan fingerprint density at radius 2 is 1.85 bits per heavy atom. The number of aldehydes is 1. The first-order valence-corrected chi connectivity index (χ1v) is 5.23. The molecule has 1 saturated carbocycles. The molecule has 1 fully saturated rings. The molecule has 72 valence electrons. The highest BCUT2D eigenvalue weighted by atomic mass is 16.1. The van der Waals surface area contributed by atoms with Gasteiger partial charge in [0, 0.05) is 11.8 Å². The molecule has 0 spiro atoms. The summed E-state index contributed by atoms with van der Waals surface area (Å²) in [5, 5.41) is 0. The minimum absolute atomic E-state index is 0.0666. The van der Waals surface area contributed by atoms with Gasteiger partial charge in [-0.25, -0.2) is 0 Å². The largest absolute Gasteiger partial charge is 0.303 e. The lowest BCUT2D eigenvalue weighted by molar-refractivity contribution is -0.117. The first-order valence-electron chi connectivity index (χ1n) is 5.23. The summed E-state index contributed by atoms with van der Waals surface area (Å²) in [6, 6.07) is 0. The minimum Gasteiger partial charge on any atom is -0.303 e. The van der Waals surface area contributed by atoms with E-state index in [0.717, 1.165) is 32.0 Å². The summed E-state index contributed by atoms with van der Waals surface area (Å²) < 4.78 is 0. The van der Waals surface area contributed by atoms with Crippen LogP contribution >= 0.6 is 0 Å². The van der Waals surface area contributed by atoms with Gasteiger partial charge in [-0.2, -0.15) is 0 Å². The van der Waals surface area contributed by atoms with E-state index in [1.54, 1.807) is 0 Å². The maximum absolute atomic E-state index is 11.1. The summed E-state index contributed by atoms with van der Waals surface area (Å²) in [5.41, 5.74) is -0.0666. The summed E-state index contributed by atoms with van der Waals surface area (Å²) in [6.45, 7) is 0. The first kappa shape index (κ1) is 10.3. The van der Waals surface area contributed by atoms with Gasteiger partial charge >= 0.3 is 0 Å². The smallest absolute Gasteiger partial charge is 0.126 e. The van der Waals surface area contributed by atoms with E-state index < -0.39 is 0 Å². The van der Waals surface area contributed by atoms with E-state index in [2.05, 4.69) is 5.92 Å². The van der Waals surface area contributed by atoms with Gasteiger partial charge in [-0.15, -0.1) is 12.3 Å². The van der Waals surface area contributed by atoms with Crippen molar-refractivity contribution in [3.8, 4) is 12.3 Å². The van der Waals surface area contributed by atoms with Crippen LogP contribution in [0.4, 0.5) is 0 Å². The van der Waals surface area contributed by atoms with E-state index in [0.29, 0.717) is 0 Å². The molecule has 1 rings (SSSR count). The van der Waals surface area contributed by atoms with Crippen molar-refractivity contribution < 1.29 is 4.79 Å². The Hall–Kier alpha value is -0.770. The van der Waals surface area contributed by atoms with Crippen LogP contribution in [-0.2, 0) is 4.79 Å². The number of hydrogen-bond donors (Lipinski definition) is 0. The van der Waals surface area contributed by atoms with Crippen molar-refractivity contribution in [2.24, 2.45) is 5.41 Å². The molecule has 1 heteroatoms. The van der Waals surface area contributed by atoms with Crippen LogP contribution < -0.4 is 0 Å². The van der Waals surface area contributed by atoms with Crippen LogP contribution in [0.5, 0.6) is 0 Å². The minimum atomic E-state index is -0.0666. The Bertz CT molecular complexity index is 192. The van der Waals surface area contributed by atoms with Crippen molar-refractivity contribution in [2.45, 2.75) is 51.4 Å². The van der Waals surface area contributed by atoms with Gasteiger partial charge in [-0.3, -0.25) is 0 Å². The second kappa shape index (κ2) is 5.07. The standard InChI is InChI=1S/C12H18O/c1-2-3-8-12(11-13)9-6-4-5-7-10-12/h1,11H,3-10H2. The van der Waals surface area contributed by atoms with Gasteiger partial charge in [-0.05, 0) is 19.3 Å². The van der Waals surface area contributed by atoms with Crippen molar-refractivity contribution in [2.75, 3.05) is 0 Å². The Morgan fingerprint density at radius 1 is 1.23 bits per heavy atom. The Morgan fingerprint density at radius 3 is 2.31 bits per heavy atom. The van der Waals surface area contributed by atoms with Gasteiger partial charge in [0.2, 0.25) is 0 Å². The van der Waals surface area contributed by atoms with Crippen LogP contribution in [0.15, 0.2) is 0 Å². The number of hydrogen-bond acceptors (Lipinski definition) is 1. The fourth-order valence-electron chi connectivity index (χ4n) is 2.18. The fraction of sp³-hybridized carbons (Fsp3) is 0.750. The normalized spacial score (nSPS) is 21.5. The molecule has 0 aromatic rings. The molecule has 0 aliphatic heterocycles. The Balaban J connectivity index is 2.54. The maximum atomic E-state index is 11.1. The van der Waals surface area contributed by atoms with E-state index in [1.165, 1.54) is 25.7 Å². The number of carbonyl (C=O) groups is 1. The molecule has 0 bridgehead atoms. The molecular formula is C12H18O. The van der Waals surface area contributed by atoms with Crippen molar-refractivity contribution in [1.29, 1.82) is 0 Å². The van der Waals surface area contributed by atoms with Crippen molar-refractivity contribution in [3.63, 3.8) is 0 Å². The molecule has 0 saturated heterocycles. The van der Waals surface area contributed by atoms with Crippen LogP contribution in [0.3, 0.4) is 0 Å². The highest BCUT2D eigenvalue weighted by molar-refractivity contribution is 5.59. The molecule has 0 aromatic carbocycles. The van der Waals surface area contributed by atoms with E-state index in [-0.39, 0.29) is 5.41 Å². The van der Waals surface area contributed by atoms with Crippen molar-refractivity contribution in [3.05, 3.63) is 0 Å². The third-order valence-corrected chi connectivity index (χ3v) is 3.12. The molecule has 0 atom stereocenters. The predicted octanol–water partition coefficient (Wildman–Crippen LogP) is 2.94. The zero-order valence-corrected chi connectivity index (χ0v) is 8.22. The van der Waals surface area contributed by atoms with Gasteiger partial charge in [0.05, 0.1) is 0 Å². The lowest BCUT2D eigenvalue weighted by Crippen LogP contribution is -2.21. The molecule has 1 aliphatic rings. The van der Waals surface area contributed by atoms with E-state index in [9.17, 15) is 4.79 Å². The molecule has 0 unspecified atom stereocenters. The molecule has 1 nitrogen and oxygen atoms in total. The predicted molar refractivity (Wildman–Crippen MR) is 54.3 cm³/mol. The fourth-order valence-corrected chi connectivity index (χ4v) is 2.18. The molecule has 0 N–H and O–H groups in total. The van der Waals surface area contributed by atoms with Gasteiger partial charge in [-0.1, -0.05) is 25.7 Å². The average molecular weight is 178 g/mol. The lowest BCUT2D eigenvalue weighted by atomic mass is 9.78. The zero-order valence-electron chi connectivity index (χ0n) is 8.22. The first-order chi connectivity index (χ1) is 6.33.